The van der Waals surface area contributed by atoms with E-state index in [0.29, 0.717) is 36.4 Å². The van der Waals surface area contributed by atoms with Gasteiger partial charge < -0.3 is 19.7 Å². The lowest BCUT2D eigenvalue weighted by Crippen LogP contribution is -2.41. The first-order valence-corrected chi connectivity index (χ1v) is 6.69. The summed E-state index contributed by atoms with van der Waals surface area (Å²) in [5.41, 5.74) is 0.500. The molecule has 2 unspecified atom stereocenters. The van der Waals surface area contributed by atoms with E-state index in [2.05, 4.69) is 0 Å². The number of rotatable bonds is 4. The normalized spacial score (nSPS) is 22.2. The number of carbonyl (C=O) groups is 2. The van der Waals surface area contributed by atoms with Crippen LogP contribution in [0.4, 0.5) is 0 Å². The third-order valence-electron chi connectivity index (χ3n) is 3.86. The van der Waals surface area contributed by atoms with Gasteiger partial charge in [0.25, 0.3) is 0 Å². The fourth-order valence-electron chi connectivity index (χ4n) is 2.92. The van der Waals surface area contributed by atoms with E-state index in [1.165, 1.54) is 4.90 Å². The van der Waals surface area contributed by atoms with Crippen molar-refractivity contribution in [3.8, 4) is 11.5 Å². The molecule has 21 heavy (non-hydrogen) atoms. The van der Waals surface area contributed by atoms with Crippen molar-refractivity contribution in [2.24, 2.45) is 0 Å². The minimum Gasteiger partial charge on any atom is -0.480 e. The number of ether oxygens (including phenoxy) is 2. The lowest BCUT2D eigenvalue weighted by atomic mass is 10.0. The Bertz CT molecular complexity index is 587. The van der Waals surface area contributed by atoms with Crippen LogP contribution >= 0.6 is 0 Å². The molecule has 1 aromatic carbocycles. The monoisotopic (exact) mass is 293 g/mol. The zero-order valence-corrected chi connectivity index (χ0v) is 11.2. The number of aliphatic carboxylic acids is 2. The predicted molar refractivity (Wildman–Crippen MR) is 70.3 cm³/mol. The molecule has 0 aliphatic carbocycles. The summed E-state index contributed by atoms with van der Waals surface area (Å²) in [7, 11) is 0. The lowest BCUT2D eigenvalue weighted by molar-refractivity contribution is -0.149. The highest BCUT2D eigenvalue weighted by Crippen LogP contribution is 2.37. The van der Waals surface area contributed by atoms with Gasteiger partial charge in [0.05, 0.1) is 0 Å². The van der Waals surface area contributed by atoms with Gasteiger partial charge in [-0.2, -0.15) is 0 Å². The van der Waals surface area contributed by atoms with E-state index >= 15 is 0 Å². The molecule has 2 N–H and O–H groups in total. The molecule has 3 rings (SSSR count). The van der Waals surface area contributed by atoms with Crippen molar-refractivity contribution in [1.29, 1.82) is 0 Å². The third kappa shape index (κ3) is 2.40. The average molecular weight is 293 g/mol. The molecule has 0 aromatic heterocycles. The molecule has 0 bridgehead atoms. The molecule has 0 spiro atoms. The van der Waals surface area contributed by atoms with Gasteiger partial charge in [-0.15, -0.1) is 0 Å². The quantitative estimate of drug-likeness (QED) is 0.857. The second-order valence-corrected chi connectivity index (χ2v) is 5.09. The van der Waals surface area contributed by atoms with Gasteiger partial charge in [-0.3, -0.25) is 14.5 Å². The SMILES string of the molecule is O=C(O)C1CCCN1C(C(=O)O)c1ccc2c(c1)OCO2. The molecule has 0 radical (unpaired) electrons. The van der Waals surface area contributed by atoms with Crippen LogP contribution < -0.4 is 9.47 Å². The van der Waals surface area contributed by atoms with Gasteiger partial charge in [0.1, 0.15) is 12.1 Å². The Balaban J connectivity index is 1.95. The molecule has 7 heteroatoms. The Morgan fingerprint density at radius 3 is 2.71 bits per heavy atom. The van der Waals surface area contributed by atoms with Crippen LogP contribution in [0.3, 0.4) is 0 Å². The highest BCUT2D eigenvalue weighted by Gasteiger charge is 2.39. The molecule has 2 atom stereocenters. The molecule has 1 aromatic rings. The largest absolute Gasteiger partial charge is 0.480 e. The van der Waals surface area contributed by atoms with Gasteiger partial charge in [-0.25, -0.2) is 0 Å². The minimum atomic E-state index is -1.07. The van der Waals surface area contributed by atoms with E-state index in [0.717, 1.165) is 0 Å². The number of benzene rings is 1. The Kier molecular flexibility index (Phi) is 3.42. The molecule has 1 saturated heterocycles. The number of fused-ring (bicyclic) bond motifs is 1. The van der Waals surface area contributed by atoms with E-state index in [1.807, 2.05) is 0 Å². The summed E-state index contributed by atoms with van der Waals surface area (Å²) < 4.78 is 10.5. The first-order chi connectivity index (χ1) is 10.1. The number of hydrogen-bond donors (Lipinski definition) is 2. The second kappa shape index (κ2) is 5.25. The highest BCUT2D eigenvalue weighted by atomic mass is 16.7. The Morgan fingerprint density at radius 1 is 1.24 bits per heavy atom. The summed E-state index contributed by atoms with van der Waals surface area (Å²) in [4.78, 5) is 24.4. The van der Waals surface area contributed by atoms with E-state index in [-0.39, 0.29) is 6.79 Å². The molecule has 2 aliphatic rings. The van der Waals surface area contributed by atoms with Crippen LogP contribution in [0.15, 0.2) is 18.2 Å². The first-order valence-electron chi connectivity index (χ1n) is 6.69. The van der Waals surface area contributed by atoms with Crippen LogP contribution in [0, 0.1) is 0 Å². The summed E-state index contributed by atoms with van der Waals surface area (Å²) in [6.45, 7) is 0.556. The van der Waals surface area contributed by atoms with Gasteiger partial charge in [-0.05, 0) is 30.5 Å². The Labute approximate surface area is 120 Å². The van der Waals surface area contributed by atoms with Gasteiger partial charge >= 0.3 is 11.9 Å². The molecule has 2 aliphatic heterocycles. The van der Waals surface area contributed by atoms with Crippen molar-refractivity contribution < 1.29 is 29.3 Å². The molecule has 7 nitrogen and oxygen atoms in total. The van der Waals surface area contributed by atoms with Crippen molar-refractivity contribution in [2.45, 2.75) is 24.9 Å². The van der Waals surface area contributed by atoms with Crippen LogP contribution in [0.2, 0.25) is 0 Å². The average Bonchev–Trinajstić information content (AvgIpc) is 3.06. The summed E-state index contributed by atoms with van der Waals surface area (Å²) in [6.07, 6.45) is 1.13. The molecule has 1 fully saturated rings. The van der Waals surface area contributed by atoms with Crippen LogP contribution in [0.1, 0.15) is 24.4 Å². The molecule has 0 amide bonds. The minimum absolute atomic E-state index is 0.109. The molecule has 0 saturated carbocycles. The van der Waals surface area contributed by atoms with Crippen molar-refractivity contribution in [2.75, 3.05) is 13.3 Å². The second-order valence-electron chi connectivity index (χ2n) is 5.09. The van der Waals surface area contributed by atoms with Crippen molar-refractivity contribution in [3.05, 3.63) is 23.8 Å². The molecule has 112 valence electrons. The zero-order chi connectivity index (χ0) is 15.0. The van der Waals surface area contributed by atoms with Crippen LogP contribution in [0.25, 0.3) is 0 Å². The van der Waals surface area contributed by atoms with Crippen LogP contribution in [-0.2, 0) is 9.59 Å². The molecular weight excluding hydrogens is 278 g/mol. The summed E-state index contributed by atoms with van der Waals surface area (Å²) in [5, 5.41) is 18.8. The number of hydrogen-bond acceptors (Lipinski definition) is 5. The fourth-order valence-corrected chi connectivity index (χ4v) is 2.92. The summed E-state index contributed by atoms with van der Waals surface area (Å²) in [6, 6.07) is 3.14. The number of nitrogens with zero attached hydrogens (tertiary/aromatic N) is 1. The fraction of sp³-hybridized carbons (Fsp3) is 0.429. The number of carboxylic acid groups (broad SMARTS) is 2. The van der Waals surface area contributed by atoms with Crippen LogP contribution in [0.5, 0.6) is 11.5 Å². The standard InChI is InChI=1S/C14H15NO6/c16-13(17)9-2-1-5-15(9)12(14(18)19)8-3-4-10-11(6-8)21-7-20-10/h3-4,6,9,12H,1-2,5,7H2,(H,16,17)(H,18,19). The van der Waals surface area contributed by atoms with E-state index in [4.69, 9.17) is 9.47 Å². The Hall–Kier alpha value is -2.28. The molecule has 2 heterocycles. The van der Waals surface area contributed by atoms with Gasteiger partial charge in [-0.1, -0.05) is 6.07 Å². The first kappa shape index (κ1) is 13.7. The van der Waals surface area contributed by atoms with E-state index in [1.54, 1.807) is 18.2 Å². The van der Waals surface area contributed by atoms with Gasteiger partial charge in [0, 0.05) is 6.54 Å². The lowest BCUT2D eigenvalue weighted by Gasteiger charge is -2.28. The zero-order valence-electron chi connectivity index (χ0n) is 11.2. The maximum atomic E-state index is 11.6. The van der Waals surface area contributed by atoms with Crippen LogP contribution in [-0.4, -0.2) is 46.4 Å². The smallest absolute Gasteiger partial charge is 0.325 e. The summed E-state index contributed by atoms with van der Waals surface area (Å²) in [5.74, 6) is -0.995. The number of carboxylic acids is 2. The van der Waals surface area contributed by atoms with Gasteiger partial charge in [0.2, 0.25) is 6.79 Å². The maximum Gasteiger partial charge on any atom is 0.325 e. The predicted octanol–water partition coefficient (Wildman–Crippen LogP) is 1.09. The molecular formula is C14H15NO6. The topological polar surface area (TPSA) is 96.3 Å². The summed E-state index contributed by atoms with van der Waals surface area (Å²) >= 11 is 0. The van der Waals surface area contributed by atoms with Crippen molar-refractivity contribution in [3.63, 3.8) is 0 Å². The Morgan fingerprint density at radius 2 is 2.00 bits per heavy atom. The highest BCUT2D eigenvalue weighted by molar-refractivity contribution is 5.79. The van der Waals surface area contributed by atoms with E-state index in [9.17, 15) is 19.8 Å². The van der Waals surface area contributed by atoms with Crippen molar-refractivity contribution >= 4 is 11.9 Å². The third-order valence-corrected chi connectivity index (χ3v) is 3.86. The number of likely N-dealkylation sites (tertiary alicyclic amines) is 1. The maximum absolute atomic E-state index is 11.6. The van der Waals surface area contributed by atoms with E-state index < -0.39 is 24.0 Å². The van der Waals surface area contributed by atoms with Crippen molar-refractivity contribution in [1.82, 2.24) is 4.90 Å². The van der Waals surface area contributed by atoms with Gasteiger partial charge in [0.15, 0.2) is 11.5 Å².